The summed E-state index contributed by atoms with van der Waals surface area (Å²) in [4.78, 5) is 0. The van der Waals surface area contributed by atoms with Crippen molar-refractivity contribution < 1.29 is 0 Å². The van der Waals surface area contributed by atoms with Crippen LogP contribution in [0.3, 0.4) is 0 Å². The molecule has 0 saturated carbocycles. The molecule has 0 nitrogen and oxygen atoms in total. The van der Waals surface area contributed by atoms with Gasteiger partial charge in [0.2, 0.25) is 0 Å². The van der Waals surface area contributed by atoms with Crippen molar-refractivity contribution in [3.63, 3.8) is 0 Å². The Bertz CT molecular complexity index is 3120. The van der Waals surface area contributed by atoms with Gasteiger partial charge in [-0.3, -0.25) is 0 Å². The largest absolute Gasteiger partial charge is 0.0622 e. The summed E-state index contributed by atoms with van der Waals surface area (Å²) in [5, 5.41) is 7.94. The van der Waals surface area contributed by atoms with Gasteiger partial charge in [0.1, 0.15) is 0 Å². The molecule has 0 spiro atoms. The normalized spacial score (nSPS) is 12.1. The second kappa shape index (κ2) is 11.5. The van der Waals surface area contributed by atoms with Crippen molar-refractivity contribution in [1.82, 2.24) is 0 Å². The smallest absolute Gasteiger partial charge is 0.000730 e. The molecule has 0 fully saturated rings. The Morgan fingerprint density at radius 2 is 0.527 bits per heavy atom. The standard InChI is InChI=1S/C55H34/c1-33-17-16-28-40-45(33)49(37-24-12-5-13-25-37)55-44-32-31-42-50-41(29-30-43(51(44)50)54(55)48(40)36-22-10-4-11-23-36)52-46(34-18-6-2-7-19-34)38-26-14-15-27-39(38)47(53(42)52)35-20-8-3-9-21-35/h2-32H,1H3. The summed E-state index contributed by atoms with van der Waals surface area (Å²) in [6.45, 7) is 2.28. The summed E-state index contributed by atoms with van der Waals surface area (Å²) in [5.74, 6) is 0. The zero-order chi connectivity index (χ0) is 36.2. The van der Waals surface area contributed by atoms with Gasteiger partial charge in [0.05, 0.1) is 0 Å². The zero-order valence-electron chi connectivity index (χ0n) is 30.4. The minimum absolute atomic E-state index is 1.25. The van der Waals surface area contributed by atoms with Crippen LogP contribution in [0.1, 0.15) is 5.56 Å². The number of hydrogen-bond donors (Lipinski definition) is 0. The van der Waals surface area contributed by atoms with Gasteiger partial charge in [-0.1, -0.05) is 188 Å². The molecule has 12 rings (SSSR count). The molecule has 0 heterocycles. The van der Waals surface area contributed by atoms with E-state index in [0.29, 0.717) is 0 Å². The third kappa shape index (κ3) is 4.12. The fraction of sp³-hybridized carbons (Fsp3) is 0.0182. The fourth-order valence-electron chi connectivity index (χ4n) is 10.2. The van der Waals surface area contributed by atoms with Gasteiger partial charge in [0.15, 0.2) is 0 Å². The van der Waals surface area contributed by atoms with Crippen LogP contribution in [0.4, 0.5) is 0 Å². The summed E-state index contributed by atoms with van der Waals surface area (Å²) in [5.41, 5.74) is 22.2. The lowest BCUT2D eigenvalue weighted by molar-refractivity contribution is 1.52. The van der Waals surface area contributed by atoms with Crippen LogP contribution in [0.5, 0.6) is 0 Å². The maximum atomic E-state index is 2.45. The Hall–Kier alpha value is -7.02. The minimum atomic E-state index is 1.25. The molecular weight excluding hydrogens is 661 g/mol. The van der Waals surface area contributed by atoms with Crippen LogP contribution in [0, 0.1) is 6.92 Å². The second-order valence-electron chi connectivity index (χ2n) is 15.1. The molecule has 0 amide bonds. The van der Waals surface area contributed by atoms with E-state index in [0.717, 1.165) is 0 Å². The van der Waals surface area contributed by atoms with Gasteiger partial charge in [-0.25, -0.2) is 0 Å². The lowest BCUT2D eigenvalue weighted by atomic mass is 9.81. The molecule has 10 aromatic rings. The van der Waals surface area contributed by atoms with Crippen LogP contribution in [-0.4, -0.2) is 0 Å². The summed E-state index contributed by atoms with van der Waals surface area (Å²) < 4.78 is 0. The highest BCUT2D eigenvalue weighted by molar-refractivity contribution is 6.35. The van der Waals surface area contributed by atoms with Crippen LogP contribution >= 0.6 is 0 Å². The van der Waals surface area contributed by atoms with Crippen molar-refractivity contribution in [2.24, 2.45) is 0 Å². The van der Waals surface area contributed by atoms with E-state index in [-0.39, 0.29) is 0 Å². The van der Waals surface area contributed by atoms with Crippen LogP contribution in [0.25, 0.3) is 121 Å². The average molecular weight is 695 g/mol. The predicted molar refractivity (Wildman–Crippen MR) is 234 cm³/mol. The van der Waals surface area contributed by atoms with Gasteiger partial charge in [-0.05, 0) is 134 Å². The maximum absolute atomic E-state index is 2.45. The zero-order valence-corrected chi connectivity index (χ0v) is 30.4. The van der Waals surface area contributed by atoms with Crippen molar-refractivity contribution in [2.75, 3.05) is 0 Å². The van der Waals surface area contributed by atoms with Gasteiger partial charge in [-0.2, -0.15) is 0 Å². The van der Waals surface area contributed by atoms with E-state index >= 15 is 0 Å². The van der Waals surface area contributed by atoms with E-state index < -0.39 is 0 Å². The van der Waals surface area contributed by atoms with Gasteiger partial charge in [0.25, 0.3) is 0 Å². The summed E-state index contributed by atoms with van der Waals surface area (Å²) >= 11 is 0. The fourth-order valence-corrected chi connectivity index (χ4v) is 10.2. The third-order valence-corrected chi connectivity index (χ3v) is 12.2. The first kappa shape index (κ1) is 30.4. The Morgan fingerprint density at radius 1 is 0.218 bits per heavy atom. The molecule has 0 bridgehead atoms. The van der Waals surface area contributed by atoms with Gasteiger partial charge in [-0.15, -0.1) is 0 Å². The summed E-state index contributed by atoms with van der Waals surface area (Å²) in [7, 11) is 0. The highest BCUT2D eigenvalue weighted by Crippen LogP contribution is 2.64. The number of benzene rings is 10. The highest BCUT2D eigenvalue weighted by Gasteiger charge is 2.37. The molecule has 2 aliphatic carbocycles. The van der Waals surface area contributed by atoms with Crippen LogP contribution < -0.4 is 0 Å². The molecular formula is C55H34. The van der Waals surface area contributed by atoms with Gasteiger partial charge in [0, 0.05) is 0 Å². The number of fused-ring (bicyclic) bond motifs is 8. The van der Waals surface area contributed by atoms with Crippen molar-refractivity contribution >= 4 is 32.3 Å². The summed E-state index contributed by atoms with van der Waals surface area (Å²) in [6, 6.07) is 69.9. The Labute approximate surface area is 320 Å². The van der Waals surface area contributed by atoms with E-state index in [2.05, 4.69) is 195 Å². The molecule has 0 aromatic heterocycles. The number of aryl methyl sites for hydroxylation is 1. The topological polar surface area (TPSA) is 0 Å². The quantitative estimate of drug-likeness (QED) is 0.172. The third-order valence-electron chi connectivity index (χ3n) is 12.2. The second-order valence-corrected chi connectivity index (χ2v) is 15.1. The van der Waals surface area contributed by atoms with Crippen molar-refractivity contribution in [2.45, 2.75) is 6.92 Å². The molecule has 2 aliphatic rings. The van der Waals surface area contributed by atoms with E-state index in [1.54, 1.807) is 0 Å². The lowest BCUT2D eigenvalue weighted by Gasteiger charge is -2.22. The molecule has 0 saturated heterocycles. The van der Waals surface area contributed by atoms with Gasteiger partial charge >= 0.3 is 0 Å². The predicted octanol–water partition coefficient (Wildman–Crippen LogP) is 15.4. The van der Waals surface area contributed by atoms with E-state index in [4.69, 9.17) is 0 Å². The molecule has 0 aliphatic heterocycles. The van der Waals surface area contributed by atoms with E-state index in [9.17, 15) is 0 Å². The molecule has 0 unspecified atom stereocenters. The molecule has 55 heavy (non-hydrogen) atoms. The minimum Gasteiger partial charge on any atom is -0.0622 e. The molecule has 254 valence electrons. The molecule has 0 radical (unpaired) electrons. The van der Waals surface area contributed by atoms with Crippen molar-refractivity contribution in [1.29, 1.82) is 0 Å². The van der Waals surface area contributed by atoms with E-state index in [1.165, 1.54) is 127 Å². The van der Waals surface area contributed by atoms with E-state index in [1.807, 2.05) is 0 Å². The van der Waals surface area contributed by atoms with Crippen LogP contribution in [0.2, 0.25) is 0 Å². The Morgan fingerprint density at radius 3 is 0.927 bits per heavy atom. The Balaban J connectivity index is 1.29. The average Bonchev–Trinajstić information content (AvgIpc) is 3.75. The molecule has 0 atom stereocenters. The monoisotopic (exact) mass is 694 g/mol. The van der Waals surface area contributed by atoms with Crippen LogP contribution in [0.15, 0.2) is 188 Å². The van der Waals surface area contributed by atoms with Gasteiger partial charge < -0.3 is 0 Å². The molecule has 0 N–H and O–H groups in total. The number of rotatable bonds is 4. The lowest BCUT2D eigenvalue weighted by Crippen LogP contribution is -1.95. The first-order valence-corrected chi connectivity index (χ1v) is 19.3. The maximum Gasteiger partial charge on any atom is -0.000730 e. The SMILES string of the molecule is Cc1cccc2c(-c3ccccc3)c3c(c(-c4ccccc4)c12)-c1ccc2c4c(ccc-3c14)-c1c-2c(-c2ccccc2)c2ccccc2c1-c1ccccc1. The Kier molecular flexibility index (Phi) is 6.36. The first-order chi connectivity index (χ1) is 27.3. The number of hydrogen-bond acceptors (Lipinski definition) is 0. The molecule has 10 aromatic carbocycles. The first-order valence-electron chi connectivity index (χ1n) is 19.3. The van der Waals surface area contributed by atoms with Crippen molar-refractivity contribution in [3.05, 3.63) is 194 Å². The van der Waals surface area contributed by atoms with Crippen LogP contribution in [-0.2, 0) is 0 Å². The van der Waals surface area contributed by atoms with Crippen molar-refractivity contribution in [3.8, 4) is 89.0 Å². The highest BCUT2D eigenvalue weighted by atomic mass is 14.4. The molecule has 0 heteroatoms. The summed E-state index contributed by atoms with van der Waals surface area (Å²) in [6.07, 6.45) is 0.